The predicted molar refractivity (Wildman–Crippen MR) is 142 cm³/mol. The molecule has 0 fully saturated rings. The molecule has 0 amide bonds. The van der Waals surface area contributed by atoms with E-state index in [1.165, 1.54) is 48.2 Å². The number of hydrogen-bond donors (Lipinski definition) is 2. The first-order valence-electron chi connectivity index (χ1n) is 10.0. The van der Waals surface area contributed by atoms with Crippen LogP contribution in [0.5, 0.6) is 0 Å². The molecule has 3 aromatic rings. The molecule has 0 saturated carbocycles. The summed E-state index contributed by atoms with van der Waals surface area (Å²) in [6.07, 6.45) is -1.95. The molecular formula is C22H18BrF3N4O4S3. The van der Waals surface area contributed by atoms with E-state index < -0.39 is 33.3 Å². The summed E-state index contributed by atoms with van der Waals surface area (Å²) >= 11 is 5.26. The minimum atomic E-state index is -4.69. The lowest BCUT2D eigenvalue weighted by atomic mass is 10.1. The lowest BCUT2D eigenvalue weighted by Gasteiger charge is -2.16. The van der Waals surface area contributed by atoms with E-state index >= 15 is 0 Å². The highest BCUT2D eigenvalue weighted by Gasteiger charge is 2.34. The normalized spacial score (nSPS) is 12.6. The van der Waals surface area contributed by atoms with E-state index in [4.69, 9.17) is 10.1 Å². The molecule has 37 heavy (non-hydrogen) atoms. The van der Waals surface area contributed by atoms with E-state index in [0.29, 0.717) is 5.56 Å². The van der Waals surface area contributed by atoms with Gasteiger partial charge in [-0.15, -0.1) is 22.0 Å². The second-order valence-electron chi connectivity index (χ2n) is 7.28. The number of halogens is 4. The number of thioether (sulfide) groups is 1. The third kappa shape index (κ3) is 7.18. The van der Waals surface area contributed by atoms with Crippen LogP contribution in [0.3, 0.4) is 0 Å². The molecule has 3 rings (SSSR count). The highest BCUT2D eigenvalue weighted by Crippen LogP contribution is 2.38. The summed E-state index contributed by atoms with van der Waals surface area (Å²) in [6.45, 7) is 0. The van der Waals surface area contributed by atoms with Crippen molar-refractivity contribution in [2.45, 2.75) is 11.1 Å². The molecule has 2 N–H and O–H groups in total. The number of carbonyl (C=O) groups is 1. The topological polar surface area (TPSA) is 122 Å². The SMILES string of the molecule is CSCOC(=O)C(=N)/C(Br)=C(\Nc1ccccc1C(F)(F)F)c1nnc(-c2cccc(S(C)(=O)=O)c2)s1. The number of nitrogens with zero attached hydrogens (tertiary/aromatic N) is 2. The maximum Gasteiger partial charge on any atom is 0.418 e. The van der Waals surface area contributed by atoms with Crippen molar-refractivity contribution in [2.24, 2.45) is 0 Å². The van der Waals surface area contributed by atoms with Gasteiger partial charge in [-0.25, -0.2) is 13.2 Å². The van der Waals surface area contributed by atoms with Crippen LogP contribution in [0, 0.1) is 5.41 Å². The van der Waals surface area contributed by atoms with Crippen molar-refractivity contribution in [3.8, 4) is 10.6 Å². The van der Waals surface area contributed by atoms with Gasteiger partial charge < -0.3 is 10.1 Å². The van der Waals surface area contributed by atoms with Crippen LogP contribution in [-0.2, 0) is 25.5 Å². The van der Waals surface area contributed by atoms with Gasteiger partial charge in [0.2, 0.25) is 0 Å². The van der Waals surface area contributed by atoms with E-state index in [1.807, 2.05) is 0 Å². The Labute approximate surface area is 226 Å². The quantitative estimate of drug-likeness (QED) is 0.175. The smallest absolute Gasteiger partial charge is 0.418 e. The number of rotatable bonds is 9. The Morgan fingerprint density at radius 2 is 1.89 bits per heavy atom. The zero-order valence-electron chi connectivity index (χ0n) is 19.1. The van der Waals surface area contributed by atoms with Gasteiger partial charge in [0.25, 0.3) is 0 Å². The maximum absolute atomic E-state index is 13.6. The average Bonchev–Trinajstić information content (AvgIpc) is 3.34. The summed E-state index contributed by atoms with van der Waals surface area (Å²) in [6, 6.07) is 10.6. The van der Waals surface area contributed by atoms with Crippen molar-refractivity contribution in [1.82, 2.24) is 10.2 Å². The molecule has 8 nitrogen and oxygen atoms in total. The summed E-state index contributed by atoms with van der Waals surface area (Å²) in [5.74, 6) is -1.03. The average molecular weight is 636 g/mol. The Kier molecular flexibility index (Phi) is 9.15. The predicted octanol–water partition coefficient (Wildman–Crippen LogP) is 5.69. The number of para-hydroxylation sites is 1. The third-order valence-corrected chi connectivity index (χ3v) is 7.84. The number of hydrogen-bond acceptors (Lipinski definition) is 10. The Hall–Kier alpha value is -2.75. The standard InChI is InChI=1S/C22H18BrF3N4O4S3/c1-35-11-34-21(31)17(27)16(23)18(28-15-9-4-3-8-14(15)22(24,25)26)20-30-29-19(36-20)12-6-5-7-13(10-12)37(2,32)33/h3-10,27-28H,11H2,1-2H3/b18-16+,27-17?. The van der Waals surface area contributed by atoms with Crippen LogP contribution in [0.4, 0.5) is 18.9 Å². The Balaban J connectivity index is 2.12. The van der Waals surface area contributed by atoms with Crippen molar-refractivity contribution in [3.63, 3.8) is 0 Å². The fourth-order valence-electron chi connectivity index (χ4n) is 2.88. The van der Waals surface area contributed by atoms with Crippen molar-refractivity contribution in [1.29, 1.82) is 5.41 Å². The maximum atomic E-state index is 13.6. The van der Waals surface area contributed by atoms with E-state index in [2.05, 4.69) is 31.4 Å². The van der Waals surface area contributed by atoms with Crippen LogP contribution in [-0.4, -0.2) is 48.7 Å². The molecule has 0 saturated heterocycles. The van der Waals surface area contributed by atoms with Gasteiger partial charge in [0.05, 0.1) is 26.3 Å². The molecule has 2 aromatic carbocycles. The highest BCUT2D eigenvalue weighted by molar-refractivity contribution is 9.12. The van der Waals surface area contributed by atoms with Crippen LogP contribution in [0.1, 0.15) is 10.6 Å². The first kappa shape index (κ1) is 28.8. The van der Waals surface area contributed by atoms with Gasteiger partial charge in [-0.1, -0.05) is 35.6 Å². The molecule has 0 radical (unpaired) electrons. The van der Waals surface area contributed by atoms with Gasteiger partial charge in [0.15, 0.2) is 20.6 Å². The summed E-state index contributed by atoms with van der Waals surface area (Å²) in [4.78, 5) is 12.3. The zero-order chi connectivity index (χ0) is 27.4. The van der Waals surface area contributed by atoms with Gasteiger partial charge in [0, 0.05) is 11.8 Å². The molecule has 0 aliphatic carbocycles. The minimum absolute atomic E-state index is 0.0270. The van der Waals surface area contributed by atoms with Gasteiger partial charge in [-0.3, -0.25) is 5.41 Å². The fourth-order valence-corrected chi connectivity index (χ4v) is 5.19. The third-order valence-electron chi connectivity index (χ3n) is 4.59. The molecule has 0 bridgehead atoms. The number of alkyl halides is 3. The molecule has 1 aromatic heterocycles. The molecular weight excluding hydrogens is 617 g/mol. The molecule has 0 atom stereocenters. The number of aromatic nitrogens is 2. The molecule has 196 valence electrons. The van der Waals surface area contributed by atoms with Gasteiger partial charge in [-0.2, -0.15) is 13.2 Å². The summed E-state index contributed by atoms with van der Waals surface area (Å²) in [5, 5.41) is 19.2. The Morgan fingerprint density at radius 3 is 2.54 bits per heavy atom. The summed E-state index contributed by atoms with van der Waals surface area (Å²) in [7, 11) is -3.50. The first-order chi connectivity index (χ1) is 17.3. The number of sulfone groups is 1. The van der Waals surface area contributed by atoms with E-state index in [-0.39, 0.29) is 36.7 Å². The van der Waals surface area contributed by atoms with E-state index in [1.54, 1.807) is 12.3 Å². The lowest BCUT2D eigenvalue weighted by molar-refractivity contribution is -0.137. The second-order valence-corrected chi connectivity index (χ2v) is 11.9. The molecule has 1 heterocycles. The van der Waals surface area contributed by atoms with Gasteiger partial charge >= 0.3 is 12.1 Å². The number of anilines is 1. The van der Waals surface area contributed by atoms with Crippen molar-refractivity contribution in [2.75, 3.05) is 23.8 Å². The van der Waals surface area contributed by atoms with Gasteiger partial charge in [-0.05, 0) is 46.5 Å². The van der Waals surface area contributed by atoms with Crippen molar-refractivity contribution in [3.05, 3.63) is 63.6 Å². The van der Waals surface area contributed by atoms with Crippen LogP contribution in [0.25, 0.3) is 16.3 Å². The number of nitrogens with one attached hydrogen (secondary N) is 2. The number of esters is 1. The molecule has 0 aliphatic heterocycles. The van der Waals surface area contributed by atoms with Crippen LogP contribution in [0.15, 0.2) is 57.9 Å². The highest BCUT2D eigenvalue weighted by atomic mass is 79.9. The van der Waals surface area contributed by atoms with Gasteiger partial charge in [0.1, 0.15) is 10.9 Å². The molecule has 0 unspecified atom stereocenters. The Bertz CT molecular complexity index is 1470. The van der Waals surface area contributed by atoms with E-state index in [9.17, 15) is 26.4 Å². The fraction of sp³-hybridized carbons (Fsp3) is 0.182. The second kappa shape index (κ2) is 11.8. The molecule has 0 aliphatic rings. The monoisotopic (exact) mass is 634 g/mol. The number of carbonyl (C=O) groups excluding carboxylic acids is 1. The Morgan fingerprint density at radius 1 is 1.19 bits per heavy atom. The van der Waals surface area contributed by atoms with Crippen molar-refractivity contribution < 1.29 is 31.1 Å². The van der Waals surface area contributed by atoms with Crippen molar-refractivity contribution >= 4 is 71.9 Å². The minimum Gasteiger partial charge on any atom is -0.450 e. The largest absolute Gasteiger partial charge is 0.450 e. The lowest BCUT2D eigenvalue weighted by Crippen LogP contribution is -2.19. The zero-order valence-corrected chi connectivity index (χ0v) is 23.1. The van der Waals surface area contributed by atoms with Crippen LogP contribution in [0.2, 0.25) is 0 Å². The van der Waals surface area contributed by atoms with Crippen LogP contribution >= 0.6 is 39.0 Å². The molecule has 0 spiro atoms. The first-order valence-corrected chi connectivity index (χ1v) is 14.9. The molecule has 15 heteroatoms. The summed E-state index contributed by atoms with van der Waals surface area (Å²) < 4.78 is 69.5. The number of ether oxygens (including phenoxy) is 1. The van der Waals surface area contributed by atoms with Crippen LogP contribution < -0.4 is 5.32 Å². The number of benzene rings is 2. The summed E-state index contributed by atoms with van der Waals surface area (Å²) in [5.41, 5.74) is -1.70. The van der Waals surface area contributed by atoms with E-state index in [0.717, 1.165) is 23.7 Å².